The van der Waals surface area contributed by atoms with Crippen LogP contribution in [0.5, 0.6) is 0 Å². The largest absolute Gasteiger partial charge is 0.464 e. The molecule has 0 spiro atoms. The molecule has 0 aliphatic carbocycles. The van der Waals surface area contributed by atoms with E-state index in [4.69, 9.17) is 30.2 Å². The van der Waals surface area contributed by atoms with Crippen LogP contribution in [0.1, 0.15) is 54.5 Å². The van der Waals surface area contributed by atoms with Crippen molar-refractivity contribution in [3.63, 3.8) is 0 Å². The number of esters is 1. The smallest absolute Gasteiger partial charge is 0.354 e. The zero-order chi connectivity index (χ0) is 29.8. The number of hydrogen-bond acceptors (Lipinski definition) is 7. The zero-order valence-electron chi connectivity index (χ0n) is 25.3. The van der Waals surface area contributed by atoms with E-state index >= 15 is 0 Å². The summed E-state index contributed by atoms with van der Waals surface area (Å²) in [6.45, 7) is 12.6. The van der Waals surface area contributed by atoms with Crippen molar-refractivity contribution in [2.24, 2.45) is 14.1 Å². The Hall–Kier alpha value is -2.21. The minimum Gasteiger partial charge on any atom is -0.464 e. The molecule has 40 heavy (non-hydrogen) atoms. The van der Waals surface area contributed by atoms with Crippen LogP contribution in [0.25, 0.3) is 22.2 Å². The van der Waals surface area contributed by atoms with Crippen LogP contribution in [0.4, 0.5) is 0 Å². The zero-order valence-corrected chi connectivity index (χ0v) is 27.1. The van der Waals surface area contributed by atoms with E-state index in [1.54, 1.807) is 11.8 Å². The first kappa shape index (κ1) is 32.3. The van der Waals surface area contributed by atoms with Gasteiger partial charge in [-0.3, -0.25) is 4.68 Å². The topological polar surface area (TPSA) is 97.0 Å². The number of carbonyl (C=O) groups is 1. The maximum absolute atomic E-state index is 13.1. The summed E-state index contributed by atoms with van der Waals surface area (Å²) >= 11 is 6.84. The number of hydrogen-bond donors (Lipinski definition) is 1. The fourth-order valence-electron chi connectivity index (χ4n) is 4.76. The lowest BCUT2D eigenvalue weighted by Gasteiger charge is -2.36. The Morgan fingerprint density at radius 1 is 1.10 bits per heavy atom. The van der Waals surface area contributed by atoms with E-state index in [-0.39, 0.29) is 18.3 Å². The van der Waals surface area contributed by atoms with Crippen LogP contribution in [-0.4, -0.2) is 67.8 Å². The Labute approximate surface area is 243 Å². The van der Waals surface area contributed by atoms with Crippen LogP contribution < -0.4 is 0 Å². The van der Waals surface area contributed by atoms with E-state index in [9.17, 15) is 9.90 Å². The van der Waals surface area contributed by atoms with Crippen molar-refractivity contribution in [2.45, 2.75) is 65.0 Å². The summed E-state index contributed by atoms with van der Waals surface area (Å²) in [6, 6.07) is 3.78. The number of halogens is 1. The predicted molar refractivity (Wildman–Crippen MR) is 160 cm³/mol. The van der Waals surface area contributed by atoms with Gasteiger partial charge in [0.05, 0.1) is 55.5 Å². The molecule has 222 valence electrons. The van der Waals surface area contributed by atoms with Crippen LogP contribution in [0.15, 0.2) is 12.1 Å². The van der Waals surface area contributed by atoms with Crippen LogP contribution >= 0.6 is 11.6 Å². The van der Waals surface area contributed by atoms with Gasteiger partial charge in [0.25, 0.3) is 0 Å². The Balaban J connectivity index is 2.10. The molecule has 1 aromatic carbocycles. The number of nitrogens with zero attached hydrogens (tertiary/aromatic N) is 3. The number of aryl methyl sites for hydroxylation is 3. The first-order valence-corrected chi connectivity index (χ1v) is 16.8. The molecular weight excluding hydrogens is 550 g/mol. The van der Waals surface area contributed by atoms with Crippen molar-refractivity contribution < 1.29 is 28.5 Å². The number of carbonyl (C=O) groups excluding carboxylic acids is 1. The molecule has 1 N–H and O–H groups in total. The van der Waals surface area contributed by atoms with Gasteiger partial charge in [0.1, 0.15) is 5.69 Å². The van der Waals surface area contributed by atoms with E-state index in [1.165, 1.54) is 7.11 Å². The number of methoxy groups -OCH3 is 2. The second-order valence-electron chi connectivity index (χ2n) is 11.5. The maximum Gasteiger partial charge on any atom is 0.354 e. The molecule has 0 saturated carbocycles. The molecule has 2 aromatic heterocycles. The fraction of sp³-hybridized carbons (Fsp3) is 0.586. The molecule has 11 heteroatoms. The molecule has 0 aliphatic rings. The van der Waals surface area contributed by atoms with Crippen molar-refractivity contribution in [3.8, 4) is 11.3 Å². The van der Waals surface area contributed by atoms with Crippen molar-refractivity contribution in [1.29, 1.82) is 0 Å². The lowest BCUT2D eigenvalue weighted by Crippen LogP contribution is -2.41. The van der Waals surface area contributed by atoms with Gasteiger partial charge < -0.3 is 28.3 Å². The average Bonchev–Trinajstić information content (AvgIpc) is 3.36. The van der Waals surface area contributed by atoms with E-state index in [0.29, 0.717) is 59.5 Å². The Bertz CT molecular complexity index is 1340. The number of ether oxygens (including phenoxy) is 3. The molecular formula is C29H44ClN3O6Si. The summed E-state index contributed by atoms with van der Waals surface area (Å²) < 4.78 is 25.9. The lowest BCUT2D eigenvalue weighted by atomic mass is 10.00. The third kappa shape index (κ3) is 6.47. The van der Waals surface area contributed by atoms with Crippen LogP contribution in [0.3, 0.4) is 0 Å². The number of benzene rings is 1. The molecule has 0 saturated heterocycles. The highest BCUT2D eigenvalue weighted by molar-refractivity contribution is 6.74. The molecule has 0 amide bonds. The highest BCUT2D eigenvalue weighted by Crippen LogP contribution is 2.41. The van der Waals surface area contributed by atoms with Crippen LogP contribution in [0, 0.1) is 0 Å². The monoisotopic (exact) mass is 593 g/mol. The highest BCUT2D eigenvalue weighted by Gasteiger charge is 2.37. The molecule has 0 radical (unpaired) electrons. The SMILES string of the molecule is COCCOCc1nn(C)c(-c2c(Cl)ccc3c(CCCO[Si](C)(C)C(C)(C)C)c(C(=O)OC)n(C)c23)c1CO. The Morgan fingerprint density at radius 3 is 2.40 bits per heavy atom. The molecule has 3 rings (SSSR count). The van der Waals surface area contributed by atoms with E-state index in [1.807, 2.05) is 30.8 Å². The van der Waals surface area contributed by atoms with Gasteiger partial charge in [-0.2, -0.15) is 5.10 Å². The van der Waals surface area contributed by atoms with Gasteiger partial charge in [-0.05, 0) is 42.6 Å². The van der Waals surface area contributed by atoms with Gasteiger partial charge in [0.2, 0.25) is 0 Å². The van der Waals surface area contributed by atoms with Gasteiger partial charge in [-0.25, -0.2) is 4.79 Å². The third-order valence-electron chi connectivity index (χ3n) is 7.92. The normalized spacial score (nSPS) is 12.5. The summed E-state index contributed by atoms with van der Waals surface area (Å²) in [6.07, 6.45) is 1.39. The van der Waals surface area contributed by atoms with Gasteiger partial charge in [-0.15, -0.1) is 0 Å². The van der Waals surface area contributed by atoms with Crippen molar-refractivity contribution in [1.82, 2.24) is 14.3 Å². The van der Waals surface area contributed by atoms with E-state index < -0.39 is 14.3 Å². The molecule has 0 fully saturated rings. The van der Waals surface area contributed by atoms with Gasteiger partial charge in [0.15, 0.2) is 8.32 Å². The molecule has 3 aromatic rings. The summed E-state index contributed by atoms with van der Waals surface area (Å²) in [5.74, 6) is -0.416. The Morgan fingerprint density at radius 2 is 1.80 bits per heavy atom. The standard InChI is InChI=1S/C29H44ClN3O6Si/c1-29(2,3)40(8,9)39-14-10-11-19-20-12-13-22(30)24(25(20)32(4)27(19)28(35)37-7)26-21(17-34)23(31-33(26)5)18-38-16-15-36-6/h12-13,34H,10-11,14-18H2,1-9H3. The molecule has 0 atom stereocenters. The summed E-state index contributed by atoms with van der Waals surface area (Å²) in [5, 5.41) is 16.5. The second-order valence-corrected chi connectivity index (χ2v) is 16.7. The molecule has 0 unspecified atom stereocenters. The predicted octanol–water partition coefficient (Wildman–Crippen LogP) is 5.63. The summed E-state index contributed by atoms with van der Waals surface area (Å²) in [5.41, 5.74) is 4.75. The maximum atomic E-state index is 13.1. The van der Waals surface area contributed by atoms with E-state index in [0.717, 1.165) is 22.9 Å². The number of aliphatic hydroxyl groups is 1. The average molecular weight is 594 g/mol. The lowest BCUT2D eigenvalue weighted by molar-refractivity contribution is 0.0589. The van der Waals surface area contributed by atoms with E-state index in [2.05, 4.69) is 39.0 Å². The second kappa shape index (κ2) is 13.2. The van der Waals surface area contributed by atoms with Gasteiger partial charge in [-0.1, -0.05) is 38.4 Å². The molecule has 0 aliphatic heterocycles. The van der Waals surface area contributed by atoms with Crippen molar-refractivity contribution >= 4 is 36.8 Å². The molecule has 9 nitrogen and oxygen atoms in total. The summed E-state index contributed by atoms with van der Waals surface area (Å²) in [7, 11) is 4.77. The number of rotatable bonds is 13. The van der Waals surface area contributed by atoms with Crippen LogP contribution in [-0.2, 0) is 52.4 Å². The van der Waals surface area contributed by atoms with Crippen molar-refractivity contribution in [3.05, 3.63) is 39.7 Å². The first-order chi connectivity index (χ1) is 18.8. The summed E-state index contributed by atoms with van der Waals surface area (Å²) in [4.78, 5) is 13.1. The van der Waals surface area contributed by atoms with Crippen LogP contribution in [0.2, 0.25) is 23.2 Å². The third-order valence-corrected chi connectivity index (χ3v) is 12.8. The van der Waals surface area contributed by atoms with Gasteiger partial charge in [0, 0.05) is 44.3 Å². The minimum atomic E-state index is -1.89. The fourth-order valence-corrected chi connectivity index (χ4v) is 6.09. The molecule has 0 bridgehead atoms. The number of fused-ring (bicyclic) bond motifs is 1. The highest BCUT2D eigenvalue weighted by atomic mass is 35.5. The minimum absolute atomic E-state index is 0.121. The first-order valence-electron chi connectivity index (χ1n) is 13.5. The molecule has 2 heterocycles. The number of aromatic nitrogens is 3. The Kier molecular flexibility index (Phi) is 10.6. The van der Waals surface area contributed by atoms with Crippen molar-refractivity contribution in [2.75, 3.05) is 34.0 Å². The van der Waals surface area contributed by atoms with Gasteiger partial charge >= 0.3 is 5.97 Å². The number of aliphatic hydroxyl groups excluding tert-OH is 1. The quantitative estimate of drug-likeness (QED) is 0.156.